The first-order valence-electron chi connectivity index (χ1n) is 6.54. The molecule has 0 bridgehead atoms. The lowest BCUT2D eigenvalue weighted by Gasteiger charge is -2.28. The summed E-state index contributed by atoms with van der Waals surface area (Å²) in [6.07, 6.45) is 3.92. The maximum absolute atomic E-state index is 11.9. The maximum Gasteiger partial charge on any atom is 0.326 e. The van der Waals surface area contributed by atoms with E-state index in [0.717, 1.165) is 0 Å². The number of aromatic amines is 1. The van der Waals surface area contributed by atoms with Crippen molar-refractivity contribution in [1.82, 2.24) is 20.6 Å². The molecule has 0 aliphatic rings. The van der Waals surface area contributed by atoms with Crippen molar-refractivity contribution in [2.45, 2.75) is 46.2 Å². The third-order valence-electron chi connectivity index (χ3n) is 2.95. The van der Waals surface area contributed by atoms with Gasteiger partial charge in [0.15, 0.2) is 0 Å². The number of amides is 2. The highest BCUT2D eigenvalue weighted by molar-refractivity contribution is 5.83. The zero-order valence-electron chi connectivity index (χ0n) is 12.2. The van der Waals surface area contributed by atoms with E-state index in [1.54, 1.807) is 33.2 Å². The summed E-state index contributed by atoms with van der Waals surface area (Å²) in [5, 5.41) is 14.4. The summed E-state index contributed by atoms with van der Waals surface area (Å²) in [6.45, 7) is 7.19. The highest BCUT2D eigenvalue weighted by Gasteiger charge is 2.33. The van der Waals surface area contributed by atoms with E-state index in [9.17, 15) is 14.7 Å². The van der Waals surface area contributed by atoms with Crippen LogP contribution < -0.4 is 10.6 Å². The fourth-order valence-corrected chi connectivity index (χ4v) is 1.81. The molecule has 1 heterocycles. The van der Waals surface area contributed by atoms with Crippen LogP contribution in [0, 0.1) is 5.41 Å². The number of nitrogens with one attached hydrogen (secondary N) is 3. The molecule has 0 saturated carbocycles. The Labute approximate surface area is 118 Å². The Morgan fingerprint density at radius 3 is 2.45 bits per heavy atom. The molecule has 0 radical (unpaired) electrons. The largest absolute Gasteiger partial charge is 0.480 e. The van der Waals surface area contributed by atoms with E-state index >= 15 is 0 Å². The van der Waals surface area contributed by atoms with Crippen LogP contribution in [0.4, 0.5) is 4.79 Å². The van der Waals surface area contributed by atoms with Crippen molar-refractivity contribution in [3.05, 3.63) is 18.2 Å². The lowest BCUT2D eigenvalue weighted by Crippen LogP contribution is -2.52. The summed E-state index contributed by atoms with van der Waals surface area (Å²) in [7, 11) is 0. The fraction of sp³-hybridized carbons (Fsp3) is 0.615. The molecule has 0 aromatic carbocycles. The van der Waals surface area contributed by atoms with Crippen LogP contribution in [0.5, 0.6) is 0 Å². The predicted octanol–water partition coefficient (Wildman–Crippen LogP) is 1.66. The molecule has 7 nitrogen and oxygen atoms in total. The molecular formula is C13H22N4O3. The minimum Gasteiger partial charge on any atom is -0.480 e. The molecule has 1 rings (SSSR count). The number of hydrogen-bond donors (Lipinski definition) is 4. The number of carbonyl (C=O) groups excluding carboxylic acids is 1. The molecule has 1 aromatic rings. The molecule has 1 unspecified atom stereocenters. The first-order valence-corrected chi connectivity index (χ1v) is 6.54. The lowest BCUT2D eigenvalue weighted by molar-refractivity contribution is -0.141. The number of aliphatic carboxylic acids is 1. The number of urea groups is 1. The fourth-order valence-electron chi connectivity index (χ4n) is 1.81. The molecule has 0 aliphatic carbocycles. The van der Waals surface area contributed by atoms with Gasteiger partial charge in [-0.2, -0.15) is 0 Å². The van der Waals surface area contributed by atoms with E-state index < -0.39 is 23.5 Å². The summed E-state index contributed by atoms with van der Waals surface area (Å²) in [6, 6.07) is -1.76. The van der Waals surface area contributed by atoms with Gasteiger partial charge in [0.05, 0.1) is 6.04 Å². The molecule has 2 amide bonds. The van der Waals surface area contributed by atoms with Crippen LogP contribution in [0.3, 0.4) is 0 Å². The molecule has 1 aromatic heterocycles. The number of imidazole rings is 1. The van der Waals surface area contributed by atoms with Crippen LogP contribution in [-0.2, 0) is 4.79 Å². The van der Waals surface area contributed by atoms with E-state index in [1.807, 2.05) is 6.92 Å². The standard InChI is InChI=1S/C13H22N4O3/c1-5-8(10-14-6-7-15-10)16-12(20)17-9(11(18)19)13(2,3)4/h6-9H,5H2,1-4H3,(H,14,15)(H,18,19)(H2,16,17,20)/t8?,9-/m0/s1. The third kappa shape index (κ3) is 4.25. The van der Waals surface area contributed by atoms with E-state index in [-0.39, 0.29) is 6.04 Å². The minimum absolute atomic E-state index is 0.278. The highest BCUT2D eigenvalue weighted by Crippen LogP contribution is 2.19. The third-order valence-corrected chi connectivity index (χ3v) is 2.95. The SMILES string of the molecule is CCC(NC(=O)N[C@@H](C(=O)O)C(C)(C)C)c1ncc[nH]1. The summed E-state index contributed by atoms with van der Waals surface area (Å²) < 4.78 is 0. The van der Waals surface area contributed by atoms with Crippen LogP contribution in [0.15, 0.2) is 12.4 Å². The second kappa shape index (κ2) is 6.40. The van der Waals surface area contributed by atoms with Crippen molar-refractivity contribution in [2.75, 3.05) is 0 Å². The Morgan fingerprint density at radius 1 is 1.40 bits per heavy atom. The number of nitrogens with zero attached hydrogens (tertiary/aromatic N) is 1. The van der Waals surface area contributed by atoms with E-state index in [2.05, 4.69) is 20.6 Å². The summed E-state index contributed by atoms with van der Waals surface area (Å²) in [5.74, 6) is -0.413. The van der Waals surface area contributed by atoms with Gasteiger partial charge in [-0.15, -0.1) is 0 Å². The van der Waals surface area contributed by atoms with Gasteiger partial charge < -0.3 is 20.7 Å². The second-order valence-electron chi connectivity index (χ2n) is 5.69. The van der Waals surface area contributed by atoms with Crippen molar-refractivity contribution >= 4 is 12.0 Å². The van der Waals surface area contributed by atoms with E-state index in [1.165, 1.54) is 0 Å². The molecule has 0 spiro atoms. The smallest absolute Gasteiger partial charge is 0.326 e. The van der Waals surface area contributed by atoms with Crippen molar-refractivity contribution in [3.63, 3.8) is 0 Å². The molecule has 0 aliphatic heterocycles. The summed E-state index contributed by atoms with van der Waals surface area (Å²) in [4.78, 5) is 30.2. The number of carboxylic acids is 1. The van der Waals surface area contributed by atoms with Crippen molar-refractivity contribution in [1.29, 1.82) is 0 Å². The Morgan fingerprint density at radius 2 is 2.05 bits per heavy atom. The van der Waals surface area contributed by atoms with Crippen molar-refractivity contribution < 1.29 is 14.7 Å². The molecule has 20 heavy (non-hydrogen) atoms. The molecule has 0 fully saturated rings. The number of carbonyl (C=O) groups is 2. The zero-order chi connectivity index (χ0) is 15.3. The summed E-state index contributed by atoms with van der Waals surface area (Å²) in [5.41, 5.74) is -0.574. The monoisotopic (exact) mass is 282 g/mol. The van der Waals surface area contributed by atoms with E-state index in [4.69, 9.17) is 0 Å². The quantitative estimate of drug-likeness (QED) is 0.658. The number of H-pyrrole nitrogens is 1. The Balaban J connectivity index is 2.68. The Bertz CT molecular complexity index is 451. The first kappa shape index (κ1) is 16.0. The highest BCUT2D eigenvalue weighted by atomic mass is 16.4. The summed E-state index contributed by atoms with van der Waals surface area (Å²) >= 11 is 0. The molecule has 4 N–H and O–H groups in total. The minimum atomic E-state index is -1.06. The van der Waals surface area contributed by atoms with Gasteiger partial charge in [-0.25, -0.2) is 14.6 Å². The number of carboxylic acid groups (broad SMARTS) is 1. The Hall–Kier alpha value is -2.05. The maximum atomic E-state index is 11.9. The topological polar surface area (TPSA) is 107 Å². The van der Waals surface area contributed by atoms with Gasteiger partial charge in [0.1, 0.15) is 11.9 Å². The lowest BCUT2D eigenvalue weighted by atomic mass is 9.87. The molecule has 2 atom stereocenters. The van der Waals surface area contributed by atoms with Crippen molar-refractivity contribution in [2.24, 2.45) is 5.41 Å². The average Bonchev–Trinajstić information content (AvgIpc) is 2.84. The van der Waals surface area contributed by atoms with Crippen molar-refractivity contribution in [3.8, 4) is 0 Å². The van der Waals surface area contributed by atoms with Gasteiger partial charge in [0.2, 0.25) is 0 Å². The molecule has 112 valence electrons. The predicted molar refractivity (Wildman–Crippen MR) is 74.2 cm³/mol. The number of aromatic nitrogens is 2. The van der Waals surface area contributed by atoms with Gasteiger partial charge in [0, 0.05) is 12.4 Å². The van der Waals surface area contributed by atoms with Gasteiger partial charge in [-0.3, -0.25) is 0 Å². The van der Waals surface area contributed by atoms with Crippen LogP contribution >= 0.6 is 0 Å². The van der Waals surface area contributed by atoms with Crippen LogP contribution in [0.2, 0.25) is 0 Å². The number of rotatable bonds is 5. The zero-order valence-corrected chi connectivity index (χ0v) is 12.2. The second-order valence-corrected chi connectivity index (χ2v) is 5.69. The normalized spacial score (nSPS) is 14.4. The number of hydrogen-bond acceptors (Lipinski definition) is 3. The van der Waals surface area contributed by atoms with Gasteiger partial charge in [0.25, 0.3) is 0 Å². The van der Waals surface area contributed by atoms with E-state index in [0.29, 0.717) is 12.2 Å². The Kier molecular flexibility index (Phi) is 5.12. The van der Waals surface area contributed by atoms with Crippen LogP contribution in [-0.4, -0.2) is 33.1 Å². The molecular weight excluding hydrogens is 260 g/mol. The molecule has 7 heteroatoms. The van der Waals surface area contributed by atoms with Crippen LogP contribution in [0.25, 0.3) is 0 Å². The molecule has 0 saturated heterocycles. The first-order chi connectivity index (χ1) is 9.25. The van der Waals surface area contributed by atoms with Crippen LogP contribution in [0.1, 0.15) is 46.0 Å². The average molecular weight is 282 g/mol. The van der Waals surface area contributed by atoms with Gasteiger partial charge in [-0.05, 0) is 11.8 Å². The van der Waals surface area contributed by atoms with Gasteiger partial charge in [-0.1, -0.05) is 27.7 Å². The van der Waals surface area contributed by atoms with Gasteiger partial charge >= 0.3 is 12.0 Å².